The van der Waals surface area contributed by atoms with E-state index in [1.165, 1.54) is 0 Å². The Hall–Kier alpha value is -0.460. The van der Waals surface area contributed by atoms with Gasteiger partial charge in [-0.05, 0) is 43.6 Å². The van der Waals surface area contributed by atoms with Crippen molar-refractivity contribution in [3.63, 3.8) is 0 Å². The maximum Gasteiger partial charge on any atom is 0.306 e. The van der Waals surface area contributed by atoms with E-state index < -0.39 is 5.97 Å². The van der Waals surface area contributed by atoms with Gasteiger partial charge in [0.2, 0.25) is 0 Å². The number of amides is 1. The molecule has 0 aromatic heterocycles. The molecule has 1 aliphatic carbocycles. The molecule has 1 saturated carbocycles. The van der Waals surface area contributed by atoms with Crippen LogP contribution in [0.4, 0.5) is 0 Å². The molecule has 5 nitrogen and oxygen atoms in total. The summed E-state index contributed by atoms with van der Waals surface area (Å²) in [5.74, 6) is 0.527. The average molecular weight is 325 g/mol. The number of carboxylic acids is 1. The fraction of sp³-hybridized carbons (Fsp3) is 0.846. The maximum absolute atomic E-state index is 11.8. The maximum atomic E-state index is 11.8. The van der Waals surface area contributed by atoms with Crippen LogP contribution in [0.25, 0.3) is 0 Å². The van der Waals surface area contributed by atoms with E-state index in [4.69, 9.17) is 5.11 Å². The van der Waals surface area contributed by atoms with Crippen LogP contribution < -0.4 is 23.5 Å². The van der Waals surface area contributed by atoms with Crippen molar-refractivity contribution in [2.45, 2.75) is 38.1 Å². The van der Waals surface area contributed by atoms with E-state index in [0.717, 1.165) is 37.9 Å². The number of rotatable bonds is 7. The topological polar surface area (TPSA) is 94.0 Å². The van der Waals surface area contributed by atoms with E-state index in [1.54, 1.807) is 11.8 Å². The van der Waals surface area contributed by atoms with Crippen LogP contribution in [0.2, 0.25) is 0 Å². The highest BCUT2D eigenvalue weighted by molar-refractivity contribution is 7.98. The molecule has 0 unspecified atom stereocenters. The summed E-state index contributed by atoms with van der Waals surface area (Å²) in [7, 11) is 0. The molecule has 0 aromatic carbocycles. The van der Waals surface area contributed by atoms with Gasteiger partial charge in [0.05, 0.1) is 5.92 Å². The highest BCUT2D eigenvalue weighted by atomic mass is 35.5. The summed E-state index contributed by atoms with van der Waals surface area (Å²) in [4.78, 5) is 22.6. The van der Waals surface area contributed by atoms with E-state index in [2.05, 4.69) is 11.1 Å². The number of carbonyl (C=O) groups is 2. The predicted molar refractivity (Wildman–Crippen MR) is 75.8 cm³/mol. The van der Waals surface area contributed by atoms with Crippen molar-refractivity contribution < 1.29 is 32.8 Å². The van der Waals surface area contributed by atoms with E-state index in [0.29, 0.717) is 12.5 Å². The number of nitrogens with one attached hydrogen (secondary N) is 1. The Labute approximate surface area is 130 Å². The lowest BCUT2D eigenvalue weighted by molar-refractivity contribution is -0.403. The first-order valence-corrected chi connectivity index (χ1v) is 8.26. The molecular formula is C13H25ClN2O3S. The number of thioether (sulfide) groups is 1. The van der Waals surface area contributed by atoms with Gasteiger partial charge in [-0.2, -0.15) is 11.8 Å². The molecule has 0 radical (unpaired) electrons. The number of carbonyl (C=O) groups excluding carboxylic acids is 1. The molecule has 118 valence electrons. The normalized spacial score (nSPS) is 23.5. The number of hydrogen-bond donors (Lipinski definition) is 3. The molecule has 5 N–H and O–H groups in total. The van der Waals surface area contributed by atoms with Crippen molar-refractivity contribution in [2.75, 3.05) is 18.6 Å². The van der Waals surface area contributed by atoms with Gasteiger partial charge < -0.3 is 28.6 Å². The number of carboxylic acid groups (broad SMARTS) is 1. The van der Waals surface area contributed by atoms with E-state index in [-0.39, 0.29) is 30.3 Å². The van der Waals surface area contributed by atoms with Crippen molar-refractivity contribution in [1.82, 2.24) is 5.32 Å². The number of aliphatic carboxylic acids is 1. The second-order valence-corrected chi connectivity index (χ2v) is 6.27. The number of hydrogen-bond acceptors (Lipinski definition) is 3. The van der Waals surface area contributed by atoms with Crippen molar-refractivity contribution in [2.24, 2.45) is 11.8 Å². The van der Waals surface area contributed by atoms with E-state index in [1.807, 2.05) is 6.26 Å². The van der Waals surface area contributed by atoms with Crippen molar-refractivity contribution in [1.29, 1.82) is 0 Å². The summed E-state index contributed by atoms with van der Waals surface area (Å²) in [5.41, 5.74) is 3.87. The van der Waals surface area contributed by atoms with Gasteiger partial charge in [0.1, 0.15) is 0 Å². The monoisotopic (exact) mass is 324 g/mol. The summed E-state index contributed by atoms with van der Waals surface area (Å²) in [6, 6.07) is -0.178. The zero-order valence-electron chi connectivity index (χ0n) is 11.9. The van der Waals surface area contributed by atoms with Crippen LogP contribution in [0.5, 0.6) is 0 Å². The smallest absolute Gasteiger partial charge is 0.306 e. The van der Waals surface area contributed by atoms with Gasteiger partial charge in [-0.1, -0.05) is 0 Å². The lowest BCUT2D eigenvalue weighted by Gasteiger charge is -2.26. The Kier molecular flexibility index (Phi) is 10.1. The van der Waals surface area contributed by atoms with Crippen LogP contribution in [-0.4, -0.2) is 41.6 Å². The molecule has 1 atom stereocenters. The summed E-state index contributed by atoms with van der Waals surface area (Å²) in [5, 5.41) is 11.9. The van der Waals surface area contributed by atoms with Gasteiger partial charge in [0, 0.05) is 13.0 Å². The van der Waals surface area contributed by atoms with Crippen LogP contribution in [-0.2, 0) is 9.59 Å². The fourth-order valence-electron chi connectivity index (χ4n) is 2.39. The van der Waals surface area contributed by atoms with Crippen molar-refractivity contribution >= 4 is 23.6 Å². The zero-order valence-corrected chi connectivity index (χ0v) is 13.5. The fourth-order valence-corrected chi connectivity index (χ4v) is 2.91. The number of quaternary nitrogens is 1. The quantitative estimate of drug-likeness (QED) is 0.477. The Balaban J connectivity index is 0.00000361. The Bertz CT molecular complexity index is 310. The lowest BCUT2D eigenvalue weighted by Crippen LogP contribution is -3.00. The van der Waals surface area contributed by atoms with Crippen LogP contribution >= 0.6 is 11.8 Å². The second-order valence-electron chi connectivity index (χ2n) is 5.28. The first kappa shape index (κ1) is 19.5. The minimum atomic E-state index is -0.683. The molecule has 1 amide bonds. The largest absolute Gasteiger partial charge is 1.00 e. The molecule has 1 aliphatic rings. The third-order valence-electron chi connectivity index (χ3n) is 3.80. The summed E-state index contributed by atoms with van der Waals surface area (Å²) in [6.07, 6.45) is 6.07. The molecule has 0 spiro atoms. The molecule has 0 saturated heterocycles. The molecule has 7 heteroatoms. The first-order valence-electron chi connectivity index (χ1n) is 6.87. The second kappa shape index (κ2) is 10.3. The van der Waals surface area contributed by atoms with Crippen molar-refractivity contribution in [3.8, 4) is 0 Å². The molecule has 0 bridgehead atoms. The molecule has 1 fully saturated rings. The zero-order chi connectivity index (χ0) is 14.3. The molecular weight excluding hydrogens is 300 g/mol. The highest BCUT2D eigenvalue weighted by Gasteiger charge is 2.26. The van der Waals surface area contributed by atoms with Crippen LogP contribution in [0.15, 0.2) is 0 Å². The molecule has 0 aromatic rings. The van der Waals surface area contributed by atoms with E-state index in [9.17, 15) is 9.59 Å². The highest BCUT2D eigenvalue weighted by Crippen LogP contribution is 2.28. The standard InChI is InChI=1S/C13H24N2O3S.ClH/c1-19-7-6-11(14)12(16)15-8-9-2-4-10(5-3-9)13(17)18;/h9-11H,2-8,14H2,1H3,(H,15,16)(H,17,18);1H/t9?,10?,11-;/m0./s1. The van der Waals surface area contributed by atoms with Gasteiger partial charge in [-0.15, -0.1) is 0 Å². The summed E-state index contributed by atoms with van der Waals surface area (Å²) >= 11 is 1.72. The van der Waals surface area contributed by atoms with Crippen LogP contribution in [0.3, 0.4) is 0 Å². The van der Waals surface area contributed by atoms with E-state index >= 15 is 0 Å². The molecule has 0 heterocycles. The van der Waals surface area contributed by atoms with Gasteiger partial charge in [0.15, 0.2) is 6.04 Å². The average Bonchev–Trinajstić information content (AvgIpc) is 2.42. The van der Waals surface area contributed by atoms with Gasteiger partial charge in [0.25, 0.3) is 5.91 Å². The number of halogens is 1. The SMILES string of the molecule is CSCC[C@H]([NH3+])C(=O)NCC1CCC(C(=O)O)CC1.[Cl-]. The Morgan fingerprint density at radius 1 is 1.35 bits per heavy atom. The molecule has 0 aliphatic heterocycles. The van der Waals surface area contributed by atoms with Crippen LogP contribution in [0, 0.1) is 11.8 Å². The lowest BCUT2D eigenvalue weighted by atomic mass is 9.82. The molecule has 20 heavy (non-hydrogen) atoms. The Morgan fingerprint density at radius 3 is 2.45 bits per heavy atom. The first-order chi connectivity index (χ1) is 9.04. The summed E-state index contributed by atoms with van der Waals surface area (Å²) in [6.45, 7) is 0.663. The van der Waals surface area contributed by atoms with Crippen molar-refractivity contribution in [3.05, 3.63) is 0 Å². The summed E-state index contributed by atoms with van der Waals surface area (Å²) < 4.78 is 0. The minimum Gasteiger partial charge on any atom is -1.00 e. The minimum absolute atomic E-state index is 0. The van der Waals surface area contributed by atoms with Gasteiger partial charge >= 0.3 is 5.97 Å². The van der Waals surface area contributed by atoms with Gasteiger partial charge in [-0.25, -0.2) is 0 Å². The predicted octanol–water partition coefficient (Wildman–Crippen LogP) is -2.64. The van der Waals surface area contributed by atoms with Gasteiger partial charge in [-0.3, -0.25) is 9.59 Å². The third kappa shape index (κ3) is 6.81. The molecule has 1 rings (SSSR count). The third-order valence-corrected chi connectivity index (χ3v) is 4.45. The van der Waals surface area contributed by atoms with Crippen LogP contribution in [0.1, 0.15) is 32.1 Å². The Morgan fingerprint density at radius 2 is 1.95 bits per heavy atom.